The van der Waals surface area contributed by atoms with Gasteiger partial charge in [-0.15, -0.1) is 0 Å². The highest BCUT2D eigenvalue weighted by Crippen LogP contribution is 2.39. The van der Waals surface area contributed by atoms with Crippen LogP contribution in [0.15, 0.2) is 0 Å². The minimum Gasteiger partial charge on any atom is -0.325 e. The zero-order valence-corrected chi connectivity index (χ0v) is 9.52. The van der Waals surface area contributed by atoms with Gasteiger partial charge in [0.15, 0.2) is 0 Å². The molecule has 0 aromatic carbocycles. The van der Waals surface area contributed by atoms with Gasteiger partial charge in [0.2, 0.25) is 0 Å². The Labute approximate surface area is 93.9 Å². The summed E-state index contributed by atoms with van der Waals surface area (Å²) in [6, 6.07) is 0. The molecule has 0 atom stereocenters. The first-order valence-corrected chi connectivity index (χ1v) is 6.70. The normalized spacial score (nSPS) is 20.1. The van der Waals surface area contributed by atoms with Crippen molar-refractivity contribution in [3.05, 3.63) is 22.8 Å². The molecule has 0 spiro atoms. The number of hydrogen-bond acceptors (Lipinski definition) is 4. The van der Waals surface area contributed by atoms with E-state index in [4.69, 9.17) is 10.7 Å². The van der Waals surface area contributed by atoms with Crippen molar-refractivity contribution in [2.45, 2.75) is 37.5 Å². The fraction of sp³-hybridized carbons (Fsp3) is 0.636. The molecule has 0 saturated heterocycles. The number of rotatable bonds is 2. The smallest absolute Gasteiger partial charge is 0.132 e. The fourth-order valence-electron chi connectivity index (χ4n) is 2.01. The van der Waals surface area contributed by atoms with Crippen LogP contribution < -0.4 is 5.73 Å². The predicted molar refractivity (Wildman–Crippen MR) is 61.8 cm³/mol. The number of nitrogens with zero attached hydrogens (tertiary/aromatic N) is 2. The van der Waals surface area contributed by atoms with Gasteiger partial charge >= 0.3 is 0 Å². The van der Waals surface area contributed by atoms with E-state index in [1.807, 2.05) is 11.8 Å². The summed E-state index contributed by atoms with van der Waals surface area (Å²) in [6.07, 6.45) is 3.62. The molecule has 3 nitrogen and oxygen atoms in total. The van der Waals surface area contributed by atoms with E-state index < -0.39 is 0 Å². The second-order valence-corrected chi connectivity index (χ2v) is 5.34. The van der Waals surface area contributed by atoms with E-state index in [2.05, 4.69) is 4.98 Å². The standard InChI is InChI=1S/C11H15N3S/c12-5-10-8-6-15-4-3-9(8)13-11(14-10)7-1-2-7/h7H,1-6,12H2. The highest BCUT2D eigenvalue weighted by molar-refractivity contribution is 7.98. The Balaban J connectivity index is 2.06. The molecule has 15 heavy (non-hydrogen) atoms. The van der Waals surface area contributed by atoms with E-state index in [-0.39, 0.29) is 0 Å². The zero-order valence-electron chi connectivity index (χ0n) is 8.70. The van der Waals surface area contributed by atoms with Crippen LogP contribution >= 0.6 is 11.8 Å². The predicted octanol–water partition coefficient (Wildman–Crippen LogP) is 1.60. The van der Waals surface area contributed by atoms with Crippen LogP contribution in [0.5, 0.6) is 0 Å². The maximum atomic E-state index is 5.76. The van der Waals surface area contributed by atoms with Gasteiger partial charge in [-0.3, -0.25) is 0 Å². The molecule has 0 bridgehead atoms. The van der Waals surface area contributed by atoms with E-state index in [1.165, 1.54) is 29.9 Å². The lowest BCUT2D eigenvalue weighted by Crippen LogP contribution is -2.15. The SMILES string of the molecule is NCc1nc(C2CC2)nc2c1CSCC2. The summed E-state index contributed by atoms with van der Waals surface area (Å²) < 4.78 is 0. The maximum Gasteiger partial charge on any atom is 0.132 e. The van der Waals surface area contributed by atoms with Gasteiger partial charge in [0.1, 0.15) is 5.82 Å². The third-order valence-electron chi connectivity index (χ3n) is 3.06. The van der Waals surface area contributed by atoms with Gasteiger partial charge in [-0.2, -0.15) is 11.8 Å². The molecule has 0 unspecified atom stereocenters. The van der Waals surface area contributed by atoms with E-state index in [9.17, 15) is 0 Å². The molecular formula is C11H15N3S. The van der Waals surface area contributed by atoms with Crippen LogP contribution in [0.25, 0.3) is 0 Å². The summed E-state index contributed by atoms with van der Waals surface area (Å²) in [5, 5.41) is 0. The van der Waals surface area contributed by atoms with Crippen molar-refractivity contribution < 1.29 is 0 Å². The van der Waals surface area contributed by atoms with Crippen molar-refractivity contribution in [1.29, 1.82) is 0 Å². The Kier molecular flexibility index (Phi) is 2.41. The van der Waals surface area contributed by atoms with E-state index in [1.54, 1.807) is 0 Å². The van der Waals surface area contributed by atoms with Crippen LogP contribution in [0.2, 0.25) is 0 Å². The van der Waals surface area contributed by atoms with Crippen LogP contribution in [0.3, 0.4) is 0 Å². The molecule has 1 aliphatic carbocycles. The van der Waals surface area contributed by atoms with Crippen molar-refractivity contribution in [2.75, 3.05) is 5.75 Å². The summed E-state index contributed by atoms with van der Waals surface area (Å²) in [5.41, 5.74) is 9.44. The highest BCUT2D eigenvalue weighted by atomic mass is 32.2. The first-order valence-electron chi connectivity index (χ1n) is 5.55. The number of nitrogens with two attached hydrogens (primary N) is 1. The van der Waals surface area contributed by atoms with E-state index in [0.29, 0.717) is 12.5 Å². The highest BCUT2D eigenvalue weighted by Gasteiger charge is 2.28. The molecule has 2 N–H and O–H groups in total. The van der Waals surface area contributed by atoms with Gasteiger partial charge in [0, 0.05) is 29.5 Å². The van der Waals surface area contributed by atoms with Crippen molar-refractivity contribution in [3.63, 3.8) is 0 Å². The third-order valence-corrected chi connectivity index (χ3v) is 4.05. The average molecular weight is 221 g/mol. The van der Waals surface area contributed by atoms with Crippen LogP contribution in [0, 0.1) is 0 Å². The quantitative estimate of drug-likeness (QED) is 0.824. The molecule has 1 aromatic heterocycles. The number of hydrogen-bond donors (Lipinski definition) is 1. The van der Waals surface area contributed by atoms with Crippen molar-refractivity contribution >= 4 is 11.8 Å². The minimum absolute atomic E-state index is 0.561. The topological polar surface area (TPSA) is 51.8 Å². The number of fused-ring (bicyclic) bond motifs is 1. The average Bonchev–Trinajstić information content (AvgIpc) is 3.11. The van der Waals surface area contributed by atoms with Gasteiger partial charge in [0.05, 0.1) is 5.69 Å². The molecule has 2 aliphatic rings. The second-order valence-electron chi connectivity index (χ2n) is 4.23. The van der Waals surface area contributed by atoms with E-state index >= 15 is 0 Å². The lowest BCUT2D eigenvalue weighted by molar-refractivity contribution is 0.807. The Hall–Kier alpha value is -0.610. The molecule has 1 fully saturated rings. The molecular weight excluding hydrogens is 206 g/mol. The zero-order chi connectivity index (χ0) is 10.3. The second kappa shape index (κ2) is 3.76. The van der Waals surface area contributed by atoms with Gasteiger partial charge in [0.25, 0.3) is 0 Å². The Morgan fingerprint density at radius 1 is 1.33 bits per heavy atom. The van der Waals surface area contributed by atoms with Crippen LogP contribution in [0.4, 0.5) is 0 Å². The van der Waals surface area contributed by atoms with Gasteiger partial charge < -0.3 is 5.73 Å². The first-order chi connectivity index (χ1) is 7.38. The number of aromatic nitrogens is 2. The van der Waals surface area contributed by atoms with Crippen molar-refractivity contribution in [3.8, 4) is 0 Å². The van der Waals surface area contributed by atoms with Gasteiger partial charge in [-0.25, -0.2) is 9.97 Å². The van der Waals surface area contributed by atoms with Crippen molar-refractivity contribution in [2.24, 2.45) is 5.73 Å². The maximum absolute atomic E-state index is 5.76. The molecule has 0 radical (unpaired) electrons. The molecule has 4 heteroatoms. The summed E-state index contributed by atoms with van der Waals surface area (Å²) in [4.78, 5) is 9.32. The molecule has 80 valence electrons. The molecule has 2 heterocycles. The number of thioether (sulfide) groups is 1. The summed E-state index contributed by atoms with van der Waals surface area (Å²) in [7, 11) is 0. The Bertz CT molecular complexity index is 370. The lowest BCUT2D eigenvalue weighted by Gasteiger charge is -2.18. The van der Waals surface area contributed by atoms with Crippen LogP contribution in [0.1, 0.15) is 41.5 Å². The first kappa shape index (κ1) is 9.60. The molecule has 1 saturated carbocycles. The third kappa shape index (κ3) is 1.76. The van der Waals surface area contributed by atoms with Gasteiger partial charge in [-0.05, 0) is 25.0 Å². The van der Waals surface area contributed by atoms with Crippen LogP contribution in [-0.2, 0) is 18.7 Å². The van der Waals surface area contributed by atoms with Crippen LogP contribution in [-0.4, -0.2) is 15.7 Å². The summed E-state index contributed by atoms with van der Waals surface area (Å²) in [5.74, 6) is 3.93. The monoisotopic (exact) mass is 221 g/mol. The Morgan fingerprint density at radius 3 is 2.93 bits per heavy atom. The minimum atomic E-state index is 0.561. The molecule has 0 amide bonds. The summed E-state index contributed by atoms with van der Waals surface area (Å²) >= 11 is 1.96. The lowest BCUT2D eigenvalue weighted by atomic mass is 10.1. The number of aryl methyl sites for hydroxylation is 1. The summed E-state index contributed by atoms with van der Waals surface area (Å²) in [6.45, 7) is 0.561. The largest absolute Gasteiger partial charge is 0.325 e. The fourth-order valence-corrected chi connectivity index (χ4v) is 3.03. The molecule has 3 rings (SSSR count). The Morgan fingerprint density at radius 2 is 2.20 bits per heavy atom. The molecule has 1 aliphatic heterocycles. The van der Waals surface area contributed by atoms with Gasteiger partial charge in [-0.1, -0.05) is 0 Å². The molecule has 1 aromatic rings. The van der Waals surface area contributed by atoms with E-state index in [0.717, 1.165) is 23.7 Å². The van der Waals surface area contributed by atoms with Crippen molar-refractivity contribution in [1.82, 2.24) is 9.97 Å².